The van der Waals surface area contributed by atoms with Gasteiger partial charge >= 0.3 is 0 Å². The Morgan fingerprint density at radius 3 is 2.72 bits per heavy atom. The Morgan fingerprint density at radius 2 is 1.97 bits per heavy atom. The average molecular weight is 387 g/mol. The van der Waals surface area contributed by atoms with E-state index in [-0.39, 0.29) is 17.5 Å². The smallest absolute Gasteiger partial charge is 0.263 e. The third-order valence-corrected chi connectivity index (χ3v) is 5.38. The topological polar surface area (TPSA) is 85.8 Å². The van der Waals surface area contributed by atoms with E-state index in [9.17, 15) is 4.79 Å². The fraction of sp³-hybridized carbons (Fsp3) is 0.261. The maximum absolute atomic E-state index is 13.6. The molecule has 2 aromatic heterocycles. The fourth-order valence-electron chi connectivity index (χ4n) is 3.85. The number of anilines is 2. The molecule has 0 bridgehead atoms. The molecule has 0 amide bonds. The van der Waals surface area contributed by atoms with Crippen LogP contribution in [-0.2, 0) is 0 Å². The minimum atomic E-state index is -0.170. The molecule has 6 heteroatoms. The molecule has 0 saturated carbocycles. The zero-order valence-electron chi connectivity index (χ0n) is 16.9. The Hall–Kier alpha value is -3.41. The lowest BCUT2D eigenvalue weighted by Gasteiger charge is -2.22. The summed E-state index contributed by atoms with van der Waals surface area (Å²) < 4.78 is 1.80. The molecule has 1 aromatic carbocycles. The largest absolute Gasteiger partial charge is 0.368 e. The van der Waals surface area contributed by atoms with Gasteiger partial charge in [-0.15, -0.1) is 0 Å². The molecule has 6 nitrogen and oxygen atoms in total. The number of benzene rings is 1. The molecular formula is C23H25N5O. The van der Waals surface area contributed by atoms with Crippen LogP contribution in [0.5, 0.6) is 0 Å². The molecule has 0 radical (unpaired) electrons. The zero-order valence-corrected chi connectivity index (χ0v) is 16.9. The SMILES string of the molecule is CC1=c2c(cc([C@H](C)Nc3nc(N)ncc3C)n(-c3ccccc3)c2=O)=CCC1. The van der Waals surface area contributed by atoms with Gasteiger partial charge in [0.25, 0.3) is 5.56 Å². The van der Waals surface area contributed by atoms with Crippen molar-refractivity contribution in [2.75, 3.05) is 11.1 Å². The van der Waals surface area contributed by atoms with Crippen LogP contribution in [0.1, 0.15) is 44.0 Å². The Bertz CT molecular complexity index is 1240. The first kappa shape index (κ1) is 18.9. The van der Waals surface area contributed by atoms with Crippen LogP contribution in [0.25, 0.3) is 17.3 Å². The van der Waals surface area contributed by atoms with Crippen molar-refractivity contribution in [1.82, 2.24) is 14.5 Å². The maximum atomic E-state index is 13.6. The quantitative estimate of drug-likeness (QED) is 0.718. The highest BCUT2D eigenvalue weighted by atomic mass is 16.1. The van der Waals surface area contributed by atoms with Gasteiger partial charge in [0.15, 0.2) is 0 Å². The Morgan fingerprint density at radius 1 is 1.21 bits per heavy atom. The molecule has 148 valence electrons. The number of fused-ring (bicyclic) bond motifs is 1. The summed E-state index contributed by atoms with van der Waals surface area (Å²) >= 11 is 0. The minimum Gasteiger partial charge on any atom is -0.368 e. The van der Waals surface area contributed by atoms with Gasteiger partial charge < -0.3 is 11.1 Å². The van der Waals surface area contributed by atoms with Gasteiger partial charge in [-0.2, -0.15) is 4.98 Å². The van der Waals surface area contributed by atoms with E-state index in [0.717, 1.165) is 45.8 Å². The lowest BCUT2D eigenvalue weighted by atomic mass is 10.00. The lowest BCUT2D eigenvalue weighted by Crippen LogP contribution is -2.48. The van der Waals surface area contributed by atoms with Gasteiger partial charge in [0.2, 0.25) is 5.95 Å². The predicted octanol–water partition coefficient (Wildman–Crippen LogP) is 2.44. The van der Waals surface area contributed by atoms with Crippen molar-refractivity contribution in [1.29, 1.82) is 0 Å². The standard InChI is InChI=1S/C23H25N5O/c1-14-8-7-9-17-12-19(16(3)26-21-15(2)13-25-23(24)27-21)28(22(29)20(14)17)18-10-5-4-6-11-18/h4-6,9-13,16H,7-8H2,1-3H3,(H3,24,25,26,27)/t16-/m0/s1. The van der Waals surface area contributed by atoms with Crippen LogP contribution in [0.4, 0.5) is 11.8 Å². The van der Waals surface area contributed by atoms with Gasteiger partial charge in [0, 0.05) is 28.4 Å². The highest BCUT2D eigenvalue weighted by molar-refractivity contribution is 5.51. The van der Waals surface area contributed by atoms with Crippen LogP contribution >= 0.6 is 0 Å². The molecule has 0 aliphatic heterocycles. The number of hydrogen-bond acceptors (Lipinski definition) is 5. The second-order valence-corrected chi connectivity index (χ2v) is 7.52. The molecule has 0 spiro atoms. The Balaban J connectivity index is 1.93. The molecule has 1 aliphatic carbocycles. The van der Waals surface area contributed by atoms with Gasteiger partial charge in [-0.1, -0.05) is 29.8 Å². The molecule has 4 rings (SSSR count). The second kappa shape index (κ2) is 7.54. The molecule has 3 N–H and O–H groups in total. The van der Waals surface area contributed by atoms with Crippen LogP contribution in [-0.4, -0.2) is 14.5 Å². The third kappa shape index (κ3) is 3.53. The number of para-hydroxylation sites is 1. The summed E-state index contributed by atoms with van der Waals surface area (Å²) in [6.45, 7) is 6.01. The molecule has 0 unspecified atom stereocenters. The van der Waals surface area contributed by atoms with Gasteiger partial charge in [-0.25, -0.2) is 4.98 Å². The molecular weight excluding hydrogens is 362 g/mol. The van der Waals surface area contributed by atoms with E-state index in [2.05, 4.69) is 34.4 Å². The molecule has 3 aromatic rings. The Labute approximate surface area is 169 Å². The van der Waals surface area contributed by atoms with E-state index in [1.54, 1.807) is 10.8 Å². The van der Waals surface area contributed by atoms with Crippen molar-refractivity contribution in [2.45, 2.75) is 39.7 Å². The summed E-state index contributed by atoms with van der Waals surface area (Å²) in [5.41, 5.74) is 9.55. The predicted molar refractivity (Wildman–Crippen MR) is 117 cm³/mol. The first-order chi connectivity index (χ1) is 14.0. The summed E-state index contributed by atoms with van der Waals surface area (Å²) in [4.78, 5) is 21.9. The van der Waals surface area contributed by atoms with Crippen molar-refractivity contribution in [3.05, 3.63) is 74.6 Å². The highest BCUT2D eigenvalue weighted by Crippen LogP contribution is 2.21. The van der Waals surface area contributed by atoms with E-state index >= 15 is 0 Å². The van der Waals surface area contributed by atoms with Crippen LogP contribution in [0.2, 0.25) is 0 Å². The van der Waals surface area contributed by atoms with Crippen molar-refractivity contribution in [2.24, 2.45) is 0 Å². The van der Waals surface area contributed by atoms with Crippen molar-refractivity contribution in [3.63, 3.8) is 0 Å². The Kier molecular flexibility index (Phi) is 4.92. The summed E-state index contributed by atoms with van der Waals surface area (Å²) in [7, 11) is 0. The van der Waals surface area contributed by atoms with E-state index in [4.69, 9.17) is 5.73 Å². The first-order valence-electron chi connectivity index (χ1n) is 9.82. The minimum absolute atomic E-state index is 0.0183. The van der Waals surface area contributed by atoms with Crippen molar-refractivity contribution >= 4 is 23.4 Å². The van der Waals surface area contributed by atoms with Crippen LogP contribution in [0.3, 0.4) is 0 Å². The number of pyridine rings is 1. The lowest BCUT2D eigenvalue weighted by molar-refractivity contribution is 0.756. The number of aryl methyl sites for hydroxylation is 1. The normalized spacial score (nSPS) is 14.1. The maximum Gasteiger partial charge on any atom is 0.263 e. The van der Waals surface area contributed by atoms with Gasteiger partial charge in [-0.05, 0) is 57.0 Å². The van der Waals surface area contributed by atoms with E-state index in [1.807, 2.05) is 44.2 Å². The molecule has 0 fully saturated rings. The monoisotopic (exact) mass is 387 g/mol. The average Bonchev–Trinajstić information content (AvgIpc) is 2.71. The van der Waals surface area contributed by atoms with E-state index in [0.29, 0.717) is 5.82 Å². The van der Waals surface area contributed by atoms with E-state index in [1.165, 1.54) is 0 Å². The molecule has 1 atom stereocenters. The fourth-order valence-corrected chi connectivity index (χ4v) is 3.85. The summed E-state index contributed by atoms with van der Waals surface area (Å²) in [6, 6.07) is 11.7. The molecule has 2 heterocycles. The number of aromatic nitrogens is 3. The summed E-state index contributed by atoms with van der Waals surface area (Å²) in [5.74, 6) is 0.885. The van der Waals surface area contributed by atoms with Crippen LogP contribution in [0.15, 0.2) is 47.4 Å². The summed E-state index contributed by atoms with van der Waals surface area (Å²) in [6.07, 6.45) is 5.73. The number of nitrogens with zero attached hydrogens (tertiary/aromatic N) is 3. The van der Waals surface area contributed by atoms with Crippen molar-refractivity contribution in [3.8, 4) is 5.69 Å². The number of nitrogen functional groups attached to an aromatic ring is 1. The van der Waals surface area contributed by atoms with E-state index < -0.39 is 0 Å². The van der Waals surface area contributed by atoms with Gasteiger partial charge in [0.1, 0.15) is 5.82 Å². The highest BCUT2D eigenvalue weighted by Gasteiger charge is 2.18. The molecule has 29 heavy (non-hydrogen) atoms. The number of nitrogens with two attached hydrogens (primary N) is 1. The number of rotatable bonds is 4. The second-order valence-electron chi connectivity index (χ2n) is 7.52. The number of hydrogen-bond donors (Lipinski definition) is 2. The van der Waals surface area contributed by atoms with Crippen LogP contribution in [0, 0.1) is 6.92 Å². The van der Waals surface area contributed by atoms with Crippen LogP contribution < -0.4 is 27.0 Å². The summed E-state index contributed by atoms with van der Waals surface area (Å²) in [5, 5.41) is 5.24. The third-order valence-electron chi connectivity index (χ3n) is 5.38. The molecule has 0 saturated heterocycles. The van der Waals surface area contributed by atoms with Crippen molar-refractivity contribution < 1.29 is 0 Å². The zero-order chi connectivity index (χ0) is 20.5. The van der Waals surface area contributed by atoms with Gasteiger partial charge in [0.05, 0.1) is 6.04 Å². The number of nitrogens with one attached hydrogen (secondary N) is 1. The first-order valence-corrected chi connectivity index (χ1v) is 9.82. The van der Waals surface area contributed by atoms with Gasteiger partial charge in [-0.3, -0.25) is 9.36 Å². The molecule has 1 aliphatic rings.